The van der Waals surface area contributed by atoms with Gasteiger partial charge in [-0.15, -0.1) is 0 Å². The summed E-state index contributed by atoms with van der Waals surface area (Å²) in [7, 11) is 0. The van der Waals surface area contributed by atoms with Gasteiger partial charge < -0.3 is 14.0 Å². The van der Waals surface area contributed by atoms with Gasteiger partial charge in [-0.05, 0) is 52.9 Å². The maximum absolute atomic E-state index is 12.6. The second-order valence-corrected chi connectivity index (χ2v) is 7.73. The highest BCUT2D eigenvalue weighted by atomic mass is 16.6. The molecule has 3 fully saturated rings. The van der Waals surface area contributed by atoms with Crippen molar-refractivity contribution in [2.24, 2.45) is 5.92 Å². The molecule has 24 heavy (non-hydrogen) atoms. The normalized spacial score (nSPS) is 24.6. The lowest BCUT2D eigenvalue weighted by atomic mass is 9.49. The zero-order valence-electron chi connectivity index (χ0n) is 14.5. The maximum Gasteiger partial charge on any atom is 0.341 e. The Morgan fingerprint density at radius 1 is 1.21 bits per heavy atom. The number of esters is 2. The molecule has 0 radical (unpaired) electrons. The lowest BCUT2D eigenvalue weighted by molar-refractivity contribution is -0.0916. The van der Waals surface area contributed by atoms with Gasteiger partial charge in [0.2, 0.25) is 0 Å². The topological polar surface area (TPSA) is 74.6 Å². The number of nitrogens with zero attached hydrogens (tertiary/aromatic N) is 1. The Kier molecular flexibility index (Phi) is 3.81. The van der Waals surface area contributed by atoms with Crippen LogP contribution < -0.4 is 5.56 Å². The van der Waals surface area contributed by atoms with Crippen LogP contribution in [0.2, 0.25) is 0 Å². The third-order valence-electron chi connectivity index (χ3n) is 4.68. The molecule has 6 heteroatoms. The molecule has 3 saturated carbocycles. The van der Waals surface area contributed by atoms with E-state index in [0.717, 1.165) is 19.3 Å². The number of hydrogen-bond acceptors (Lipinski definition) is 5. The first-order chi connectivity index (χ1) is 11.1. The molecule has 1 heterocycles. The summed E-state index contributed by atoms with van der Waals surface area (Å²) in [5.74, 6) is -0.613. The van der Waals surface area contributed by atoms with Crippen molar-refractivity contribution in [3.63, 3.8) is 0 Å². The number of aromatic nitrogens is 1. The fraction of sp³-hybridized carbons (Fsp3) is 0.611. The summed E-state index contributed by atoms with van der Waals surface area (Å²) in [6.07, 6.45) is 4.36. The molecule has 0 atom stereocenters. The Morgan fingerprint density at radius 2 is 1.83 bits per heavy atom. The van der Waals surface area contributed by atoms with Gasteiger partial charge >= 0.3 is 11.9 Å². The van der Waals surface area contributed by atoms with Crippen molar-refractivity contribution >= 4 is 11.9 Å². The van der Waals surface area contributed by atoms with Crippen molar-refractivity contribution in [3.8, 4) is 0 Å². The van der Waals surface area contributed by atoms with Gasteiger partial charge in [-0.2, -0.15) is 0 Å². The lowest BCUT2D eigenvalue weighted by Gasteiger charge is -2.62. The molecule has 0 saturated heterocycles. The van der Waals surface area contributed by atoms with Crippen LogP contribution in [0, 0.1) is 5.92 Å². The highest BCUT2D eigenvalue weighted by molar-refractivity contribution is 6.03. The van der Waals surface area contributed by atoms with Gasteiger partial charge in [-0.3, -0.25) is 4.79 Å². The molecule has 3 aliphatic rings. The van der Waals surface area contributed by atoms with E-state index in [1.807, 2.05) is 0 Å². The van der Waals surface area contributed by atoms with Crippen molar-refractivity contribution in [2.75, 3.05) is 6.61 Å². The molecule has 6 nitrogen and oxygen atoms in total. The van der Waals surface area contributed by atoms with Gasteiger partial charge in [0.1, 0.15) is 5.60 Å². The molecule has 1 aromatic heterocycles. The van der Waals surface area contributed by atoms with Crippen LogP contribution in [0.3, 0.4) is 0 Å². The third kappa shape index (κ3) is 2.74. The predicted molar refractivity (Wildman–Crippen MR) is 87.1 cm³/mol. The Balaban J connectivity index is 2.04. The van der Waals surface area contributed by atoms with E-state index in [4.69, 9.17) is 9.47 Å². The second kappa shape index (κ2) is 5.46. The molecule has 0 unspecified atom stereocenters. The molecule has 0 aromatic carbocycles. The molecule has 130 valence electrons. The fourth-order valence-electron chi connectivity index (χ4n) is 3.50. The summed E-state index contributed by atoms with van der Waals surface area (Å²) in [6.45, 7) is 7.11. The van der Waals surface area contributed by atoms with Crippen LogP contribution in [0.4, 0.5) is 0 Å². The summed E-state index contributed by atoms with van der Waals surface area (Å²) in [5, 5.41) is 0. The number of carbonyl (C=O) groups is 2. The van der Waals surface area contributed by atoms with Crippen molar-refractivity contribution in [3.05, 3.63) is 33.7 Å². The molecular weight excluding hydrogens is 310 g/mol. The molecule has 0 aliphatic heterocycles. The first kappa shape index (κ1) is 16.7. The number of hydrogen-bond donors (Lipinski definition) is 0. The van der Waals surface area contributed by atoms with Crippen LogP contribution in [-0.4, -0.2) is 28.7 Å². The Morgan fingerprint density at radius 3 is 2.29 bits per heavy atom. The minimum absolute atomic E-state index is 0.0288. The van der Waals surface area contributed by atoms with E-state index >= 15 is 0 Å². The van der Waals surface area contributed by atoms with Gasteiger partial charge in [0, 0.05) is 17.8 Å². The molecule has 0 N–H and O–H groups in total. The van der Waals surface area contributed by atoms with Crippen LogP contribution in [0.1, 0.15) is 67.7 Å². The number of pyridine rings is 1. The zero-order chi connectivity index (χ0) is 17.7. The summed E-state index contributed by atoms with van der Waals surface area (Å²) < 4.78 is 12.0. The third-order valence-corrected chi connectivity index (χ3v) is 4.68. The monoisotopic (exact) mass is 333 g/mol. The van der Waals surface area contributed by atoms with E-state index in [9.17, 15) is 14.4 Å². The number of carbonyl (C=O) groups excluding carboxylic acids is 2. The standard InChI is InChI=1S/C18H23NO5/c1-5-23-15(21)12-6-14(20)19(18-7-11(8-18)9-18)10-13(12)16(22)24-17(2,3)4/h6,10-11H,5,7-9H2,1-4H3. The van der Waals surface area contributed by atoms with Gasteiger partial charge in [-0.25, -0.2) is 9.59 Å². The smallest absolute Gasteiger partial charge is 0.341 e. The van der Waals surface area contributed by atoms with Crippen LogP contribution in [0.15, 0.2) is 17.1 Å². The van der Waals surface area contributed by atoms with Gasteiger partial charge in [0.25, 0.3) is 5.56 Å². The van der Waals surface area contributed by atoms with Gasteiger partial charge in [0.15, 0.2) is 0 Å². The largest absolute Gasteiger partial charge is 0.462 e. The van der Waals surface area contributed by atoms with E-state index in [1.54, 1.807) is 32.3 Å². The Bertz CT molecular complexity index is 739. The van der Waals surface area contributed by atoms with Crippen molar-refractivity contribution in [2.45, 2.75) is 58.1 Å². The zero-order valence-corrected chi connectivity index (χ0v) is 14.5. The molecule has 2 bridgehead atoms. The SMILES string of the molecule is CCOC(=O)c1cc(=O)n(C23CC(C2)C3)cc1C(=O)OC(C)(C)C. The molecule has 4 rings (SSSR count). The van der Waals surface area contributed by atoms with Crippen molar-refractivity contribution < 1.29 is 19.1 Å². The minimum atomic E-state index is -0.694. The molecule has 0 spiro atoms. The van der Waals surface area contributed by atoms with Crippen molar-refractivity contribution in [1.82, 2.24) is 4.57 Å². The summed E-state index contributed by atoms with van der Waals surface area (Å²) >= 11 is 0. The quantitative estimate of drug-likeness (QED) is 0.791. The van der Waals surface area contributed by atoms with Gasteiger partial charge in [-0.1, -0.05) is 0 Å². The second-order valence-electron chi connectivity index (χ2n) is 7.73. The molecule has 1 aromatic rings. The van der Waals surface area contributed by atoms with E-state index in [2.05, 4.69) is 0 Å². The highest BCUT2D eigenvalue weighted by Crippen LogP contribution is 2.61. The van der Waals surface area contributed by atoms with E-state index in [-0.39, 0.29) is 28.8 Å². The average molecular weight is 333 g/mol. The molecule has 0 amide bonds. The van der Waals surface area contributed by atoms with E-state index in [1.165, 1.54) is 12.3 Å². The minimum Gasteiger partial charge on any atom is -0.462 e. The number of ether oxygens (including phenoxy) is 2. The summed E-state index contributed by atoms with van der Waals surface area (Å²) in [6, 6.07) is 1.21. The molecular formula is C18H23NO5. The summed E-state index contributed by atoms with van der Waals surface area (Å²) in [5.41, 5.74) is -1.08. The lowest BCUT2D eigenvalue weighted by Crippen LogP contribution is -2.62. The van der Waals surface area contributed by atoms with E-state index < -0.39 is 17.5 Å². The Labute approximate surface area is 140 Å². The average Bonchev–Trinajstić information content (AvgIpc) is 2.35. The van der Waals surface area contributed by atoms with Crippen LogP contribution in [0.5, 0.6) is 0 Å². The first-order valence-corrected chi connectivity index (χ1v) is 8.33. The first-order valence-electron chi connectivity index (χ1n) is 8.33. The number of rotatable bonds is 4. The predicted octanol–water partition coefficient (Wildman–Crippen LogP) is 2.49. The van der Waals surface area contributed by atoms with Crippen LogP contribution >= 0.6 is 0 Å². The van der Waals surface area contributed by atoms with Gasteiger partial charge in [0.05, 0.1) is 17.7 Å². The van der Waals surface area contributed by atoms with Crippen LogP contribution in [0.25, 0.3) is 0 Å². The highest BCUT2D eigenvalue weighted by Gasteiger charge is 2.58. The van der Waals surface area contributed by atoms with Crippen molar-refractivity contribution in [1.29, 1.82) is 0 Å². The van der Waals surface area contributed by atoms with E-state index in [0.29, 0.717) is 5.92 Å². The molecule has 3 aliphatic carbocycles. The maximum atomic E-state index is 12.6. The van der Waals surface area contributed by atoms with Crippen LogP contribution in [-0.2, 0) is 15.0 Å². The fourth-order valence-corrected chi connectivity index (χ4v) is 3.50. The summed E-state index contributed by atoms with van der Waals surface area (Å²) in [4.78, 5) is 37.2. The Hall–Kier alpha value is -2.11.